The van der Waals surface area contributed by atoms with Gasteiger partial charge in [0.05, 0.1) is 6.04 Å². The smallest absolute Gasteiger partial charge is 0.179 e. The highest BCUT2D eigenvalue weighted by Crippen LogP contribution is 2.17. The molecule has 0 radical (unpaired) electrons. The lowest BCUT2D eigenvalue weighted by Gasteiger charge is -2.32. The molecule has 0 saturated carbocycles. The van der Waals surface area contributed by atoms with Crippen molar-refractivity contribution in [3.63, 3.8) is 0 Å². The molecule has 2 atom stereocenters. The first-order chi connectivity index (χ1) is 9.49. The van der Waals surface area contributed by atoms with E-state index in [4.69, 9.17) is 0 Å². The van der Waals surface area contributed by atoms with E-state index in [1.165, 1.54) is 0 Å². The molecule has 1 fully saturated rings. The molecular weight excluding hydrogens is 316 g/mol. The third-order valence-corrected chi connectivity index (χ3v) is 4.63. The number of nitrogens with zero attached hydrogens (tertiary/aromatic N) is 2. The summed E-state index contributed by atoms with van der Waals surface area (Å²) in [5.41, 5.74) is 0.797. The number of likely N-dealkylation sites (N-methyl/N-ethyl adjacent to an activating group) is 1. The zero-order chi connectivity index (χ0) is 14.7. The lowest BCUT2D eigenvalue weighted by molar-refractivity contribution is 0.0778. The van der Waals surface area contributed by atoms with Crippen LogP contribution in [0.3, 0.4) is 0 Å². The van der Waals surface area contributed by atoms with Gasteiger partial charge in [0, 0.05) is 29.2 Å². The Kier molecular flexibility index (Phi) is 5.35. The Morgan fingerprint density at radius 3 is 2.60 bits per heavy atom. The molecule has 4 heteroatoms. The minimum atomic E-state index is -0.0577. The van der Waals surface area contributed by atoms with Crippen molar-refractivity contribution in [3.8, 4) is 0 Å². The van der Waals surface area contributed by atoms with Crippen molar-refractivity contribution in [1.29, 1.82) is 0 Å². The number of halogens is 1. The molecule has 2 unspecified atom stereocenters. The number of ketones is 1. The standard InChI is InChI=1S/C16H23BrN2O/c1-12-11-18(3)9-4-10-19(12)13(2)16(20)14-5-7-15(17)8-6-14/h5-8,12-13H,4,9-11H2,1-3H3. The lowest BCUT2D eigenvalue weighted by atomic mass is 10.0. The van der Waals surface area contributed by atoms with E-state index < -0.39 is 0 Å². The van der Waals surface area contributed by atoms with Gasteiger partial charge in [-0.15, -0.1) is 0 Å². The van der Waals surface area contributed by atoms with Gasteiger partial charge in [0.1, 0.15) is 0 Å². The summed E-state index contributed by atoms with van der Waals surface area (Å²) in [6.45, 7) is 7.38. The Bertz CT molecular complexity index is 460. The van der Waals surface area contributed by atoms with Gasteiger partial charge in [0.2, 0.25) is 0 Å². The quantitative estimate of drug-likeness (QED) is 0.791. The summed E-state index contributed by atoms with van der Waals surface area (Å²) in [6, 6.07) is 8.02. The number of carbonyl (C=O) groups excluding carboxylic acids is 1. The molecule has 1 aromatic carbocycles. The normalized spacial score (nSPS) is 23.3. The van der Waals surface area contributed by atoms with Crippen molar-refractivity contribution in [1.82, 2.24) is 9.80 Å². The van der Waals surface area contributed by atoms with Crippen molar-refractivity contribution in [2.24, 2.45) is 0 Å². The van der Waals surface area contributed by atoms with E-state index in [2.05, 4.69) is 39.7 Å². The van der Waals surface area contributed by atoms with Crippen LogP contribution in [0, 0.1) is 0 Å². The van der Waals surface area contributed by atoms with Gasteiger partial charge in [-0.1, -0.05) is 28.1 Å². The summed E-state index contributed by atoms with van der Waals surface area (Å²) in [7, 11) is 2.15. The number of hydrogen-bond acceptors (Lipinski definition) is 3. The van der Waals surface area contributed by atoms with Crippen LogP contribution in [0.2, 0.25) is 0 Å². The van der Waals surface area contributed by atoms with Crippen molar-refractivity contribution < 1.29 is 4.79 Å². The molecular formula is C16H23BrN2O. The van der Waals surface area contributed by atoms with Crippen LogP contribution >= 0.6 is 15.9 Å². The van der Waals surface area contributed by atoms with Gasteiger partial charge in [-0.05, 0) is 46.0 Å². The molecule has 110 valence electrons. The lowest BCUT2D eigenvalue weighted by Crippen LogP contribution is -2.46. The highest BCUT2D eigenvalue weighted by atomic mass is 79.9. The second-order valence-corrected chi connectivity index (χ2v) is 6.67. The van der Waals surface area contributed by atoms with Crippen molar-refractivity contribution >= 4 is 21.7 Å². The maximum absolute atomic E-state index is 12.6. The molecule has 0 amide bonds. The molecule has 1 aliphatic rings. The first-order valence-electron chi connectivity index (χ1n) is 7.23. The zero-order valence-electron chi connectivity index (χ0n) is 12.5. The molecule has 0 bridgehead atoms. The summed E-state index contributed by atoms with van der Waals surface area (Å²) in [5.74, 6) is 0.217. The van der Waals surface area contributed by atoms with Crippen LogP contribution in [0.25, 0.3) is 0 Å². The molecule has 3 nitrogen and oxygen atoms in total. The fourth-order valence-electron chi connectivity index (χ4n) is 2.97. The van der Waals surface area contributed by atoms with Crippen molar-refractivity contribution in [2.45, 2.75) is 32.4 Å². The Morgan fingerprint density at radius 1 is 1.30 bits per heavy atom. The Hall–Kier alpha value is -0.710. The van der Waals surface area contributed by atoms with Crippen LogP contribution in [0.5, 0.6) is 0 Å². The zero-order valence-corrected chi connectivity index (χ0v) is 14.1. The SMILES string of the molecule is CC1CN(C)CCCN1C(C)C(=O)c1ccc(Br)cc1. The Balaban J connectivity index is 2.11. The Labute approximate surface area is 130 Å². The minimum absolute atomic E-state index is 0.0577. The van der Waals surface area contributed by atoms with Crippen LogP contribution in [0.15, 0.2) is 28.7 Å². The second-order valence-electron chi connectivity index (χ2n) is 5.75. The fourth-order valence-corrected chi connectivity index (χ4v) is 3.24. The summed E-state index contributed by atoms with van der Waals surface area (Å²) in [5, 5.41) is 0. The predicted octanol–water partition coefficient (Wildman–Crippen LogP) is 3.05. The molecule has 20 heavy (non-hydrogen) atoms. The maximum atomic E-state index is 12.6. The average molecular weight is 339 g/mol. The van der Waals surface area contributed by atoms with E-state index in [-0.39, 0.29) is 11.8 Å². The molecule has 0 aromatic heterocycles. The van der Waals surface area contributed by atoms with E-state index >= 15 is 0 Å². The third-order valence-electron chi connectivity index (χ3n) is 4.10. The average Bonchev–Trinajstić information content (AvgIpc) is 2.58. The molecule has 0 N–H and O–H groups in total. The molecule has 0 aliphatic carbocycles. The molecule has 0 spiro atoms. The second kappa shape index (κ2) is 6.83. The number of Topliss-reactive ketones (excluding diaryl/α,β-unsaturated/α-hetero) is 1. The van der Waals surface area contributed by atoms with Crippen LogP contribution in [-0.4, -0.2) is 54.3 Å². The highest BCUT2D eigenvalue weighted by Gasteiger charge is 2.28. The van der Waals surface area contributed by atoms with Gasteiger partial charge < -0.3 is 4.90 Å². The summed E-state index contributed by atoms with van der Waals surface area (Å²) >= 11 is 3.41. The number of benzene rings is 1. The maximum Gasteiger partial charge on any atom is 0.179 e. The van der Waals surface area contributed by atoms with Crippen molar-refractivity contribution in [3.05, 3.63) is 34.3 Å². The van der Waals surface area contributed by atoms with E-state index in [0.29, 0.717) is 6.04 Å². The first kappa shape index (κ1) is 15.7. The van der Waals surface area contributed by atoms with E-state index in [1.807, 2.05) is 31.2 Å². The largest absolute Gasteiger partial charge is 0.305 e. The molecule has 1 aliphatic heterocycles. The predicted molar refractivity (Wildman–Crippen MR) is 86.2 cm³/mol. The van der Waals surface area contributed by atoms with E-state index in [9.17, 15) is 4.79 Å². The van der Waals surface area contributed by atoms with Gasteiger partial charge in [0.15, 0.2) is 5.78 Å². The molecule has 1 saturated heterocycles. The number of carbonyl (C=O) groups is 1. The van der Waals surface area contributed by atoms with Crippen LogP contribution in [0.4, 0.5) is 0 Å². The molecule has 1 heterocycles. The minimum Gasteiger partial charge on any atom is -0.305 e. The summed E-state index contributed by atoms with van der Waals surface area (Å²) < 4.78 is 1.01. The summed E-state index contributed by atoms with van der Waals surface area (Å²) in [6.07, 6.45) is 1.12. The van der Waals surface area contributed by atoms with Gasteiger partial charge >= 0.3 is 0 Å². The monoisotopic (exact) mass is 338 g/mol. The van der Waals surface area contributed by atoms with Gasteiger partial charge in [0.25, 0.3) is 0 Å². The summed E-state index contributed by atoms with van der Waals surface area (Å²) in [4.78, 5) is 17.3. The molecule has 2 rings (SSSR count). The molecule has 1 aromatic rings. The van der Waals surface area contributed by atoms with Gasteiger partial charge in [-0.3, -0.25) is 9.69 Å². The number of hydrogen-bond donors (Lipinski definition) is 0. The van der Waals surface area contributed by atoms with Gasteiger partial charge in [-0.2, -0.15) is 0 Å². The number of rotatable bonds is 3. The van der Waals surface area contributed by atoms with E-state index in [0.717, 1.165) is 36.1 Å². The fraction of sp³-hybridized carbons (Fsp3) is 0.562. The highest BCUT2D eigenvalue weighted by molar-refractivity contribution is 9.10. The van der Waals surface area contributed by atoms with Crippen LogP contribution < -0.4 is 0 Å². The topological polar surface area (TPSA) is 23.6 Å². The Morgan fingerprint density at radius 2 is 1.95 bits per heavy atom. The third kappa shape index (κ3) is 3.68. The van der Waals surface area contributed by atoms with Crippen LogP contribution in [0.1, 0.15) is 30.6 Å². The first-order valence-corrected chi connectivity index (χ1v) is 8.02. The van der Waals surface area contributed by atoms with E-state index in [1.54, 1.807) is 0 Å². The van der Waals surface area contributed by atoms with Crippen molar-refractivity contribution in [2.75, 3.05) is 26.7 Å². The van der Waals surface area contributed by atoms with Gasteiger partial charge in [-0.25, -0.2) is 0 Å². The van der Waals surface area contributed by atoms with Crippen LogP contribution in [-0.2, 0) is 0 Å².